The van der Waals surface area contributed by atoms with E-state index in [9.17, 15) is 16.8 Å². The first-order valence-electron chi connectivity index (χ1n) is 9.09. The molecule has 0 unspecified atom stereocenters. The summed E-state index contributed by atoms with van der Waals surface area (Å²) in [5, 5.41) is 0. The van der Waals surface area contributed by atoms with Gasteiger partial charge in [-0.15, -0.1) is 0 Å². The average Bonchev–Trinajstić information content (AvgIpc) is 2.56. The number of rotatable bonds is 12. The monoisotopic (exact) mass is 444 g/mol. The maximum Gasteiger partial charge on any atom is 0.261 e. The van der Waals surface area contributed by atoms with Crippen LogP contribution in [0.2, 0.25) is 0 Å². The molecule has 0 amide bonds. The Morgan fingerprint density at radius 1 is 0.692 bits per heavy atom. The van der Waals surface area contributed by atoms with E-state index in [0.29, 0.717) is 6.42 Å². The lowest BCUT2D eigenvalue weighted by molar-refractivity contribution is 0.559. The highest BCUT2D eigenvalue weighted by atomic mass is 35.7. The molecule has 1 rings (SSSR count). The largest absolute Gasteiger partial charge is 0.261 e. The summed E-state index contributed by atoms with van der Waals surface area (Å²) < 4.78 is 42.5. The third kappa shape index (κ3) is 17.1. The van der Waals surface area contributed by atoms with Gasteiger partial charge in [-0.25, -0.2) is 16.8 Å². The molecule has 0 spiro atoms. The molecule has 0 radical (unpaired) electrons. The Morgan fingerprint density at radius 3 is 1.46 bits per heavy atom. The van der Waals surface area contributed by atoms with Crippen molar-refractivity contribution in [2.45, 2.75) is 76.0 Å². The number of unbranched alkanes of at least 4 members (excludes halogenated alkanes) is 9. The van der Waals surface area contributed by atoms with Crippen molar-refractivity contribution in [2.75, 3.05) is 5.75 Å². The van der Waals surface area contributed by atoms with Gasteiger partial charge in [-0.1, -0.05) is 82.9 Å². The summed E-state index contributed by atoms with van der Waals surface area (Å²) in [6.45, 7) is 2.23. The van der Waals surface area contributed by atoms with Crippen LogP contribution in [-0.2, 0) is 18.1 Å². The lowest BCUT2D eigenvalue weighted by atomic mass is 10.1. The summed E-state index contributed by atoms with van der Waals surface area (Å²) >= 11 is 0. The van der Waals surface area contributed by atoms with E-state index in [1.54, 1.807) is 18.2 Å². The van der Waals surface area contributed by atoms with Gasteiger partial charge in [0, 0.05) is 21.4 Å². The molecule has 152 valence electrons. The van der Waals surface area contributed by atoms with Crippen molar-refractivity contribution in [2.24, 2.45) is 0 Å². The minimum absolute atomic E-state index is 0.130. The quantitative estimate of drug-likeness (QED) is 0.288. The maximum absolute atomic E-state index is 10.6. The van der Waals surface area contributed by atoms with Crippen LogP contribution in [0.4, 0.5) is 0 Å². The first-order valence-corrected chi connectivity index (χ1v) is 13.9. The normalized spacial score (nSPS) is 11.7. The van der Waals surface area contributed by atoms with E-state index in [1.165, 1.54) is 57.1 Å². The summed E-state index contributed by atoms with van der Waals surface area (Å²) in [4.78, 5) is 0.136. The number of halogens is 2. The van der Waals surface area contributed by atoms with Crippen LogP contribution in [0.15, 0.2) is 35.2 Å². The Hall–Kier alpha value is -0.300. The summed E-state index contributed by atoms with van der Waals surface area (Å²) in [5.41, 5.74) is 0. The van der Waals surface area contributed by atoms with Crippen LogP contribution < -0.4 is 0 Å². The molecule has 0 saturated carbocycles. The van der Waals surface area contributed by atoms with E-state index in [4.69, 9.17) is 21.4 Å². The first-order chi connectivity index (χ1) is 12.2. The van der Waals surface area contributed by atoms with Gasteiger partial charge in [-0.05, 0) is 18.6 Å². The molecule has 0 bridgehead atoms. The molecule has 0 saturated heterocycles. The van der Waals surface area contributed by atoms with Crippen LogP contribution in [-0.4, -0.2) is 22.6 Å². The molecular weight excluding hydrogens is 415 g/mol. The molecule has 0 fully saturated rings. The van der Waals surface area contributed by atoms with Crippen LogP contribution >= 0.6 is 21.4 Å². The molecule has 0 aromatic heterocycles. The summed E-state index contributed by atoms with van der Waals surface area (Å²) in [5.74, 6) is 0.130. The van der Waals surface area contributed by atoms with E-state index in [2.05, 4.69) is 6.92 Å². The van der Waals surface area contributed by atoms with Gasteiger partial charge >= 0.3 is 0 Å². The zero-order valence-corrected chi connectivity index (χ0v) is 18.5. The Morgan fingerprint density at radius 2 is 1.12 bits per heavy atom. The van der Waals surface area contributed by atoms with Crippen LogP contribution in [0.3, 0.4) is 0 Å². The Balaban J connectivity index is 0.000000531. The van der Waals surface area contributed by atoms with E-state index >= 15 is 0 Å². The van der Waals surface area contributed by atoms with Gasteiger partial charge in [0.25, 0.3) is 9.05 Å². The van der Waals surface area contributed by atoms with Crippen molar-refractivity contribution in [1.29, 1.82) is 0 Å². The molecule has 0 heterocycles. The van der Waals surface area contributed by atoms with Gasteiger partial charge in [-0.3, -0.25) is 0 Å². The van der Waals surface area contributed by atoms with Crippen LogP contribution in [0, 0.1) is 0 Å². The Labute approximate surface area is 168 Å². The molecule has 0 aliphatic carbocycles. The van der Waals surface area contributed by atoms with Crippen molar-refractivity contribution in [3.63, 3.8) is 0 Å². The van der Waals surface area contributed by atoms with Gasteiger partial charge in [0.15, 0.2) is 0 Å². The summed E-state index contributed by atoms with van der Waals surface area (Å²) in [7, 11) is 3.36. The number of benzene rings is 1. The van der Waals surface area contributed by atoms with Crippen LogP contribution in [0.5, 0.6) is 0 Å². The van der Waals surface area contributed by atoms with Gasteiger partial charge in [0.05, 0.1) is 10.6 Å². The third-order valence-electron chi connectivity index (χ3n) is 3.77. The molecule has 0 N–H and O–H groups in total. The second kappa shape index (κ2) is 14.7. The van der Waals surface area contributed by atoms with Crippen molar-refractivity contribution in [3.8, 4) is 0 Å². The molecular formula is C18H30Cl2O4S2. The van der Waals surface area contributed by atoms with Crippen molar-refractivity contribution < 1.29 is 16.8 Å². The summed E-state index contributed by atoms with van der Waals surface area (Å²) in [6, 6.07) is 7.86. The highest BCUT2D eigenvalue weighted by Crippen LogP contribution is 2.13. The Kier molecular flexibility index (Phi) is 14.6. The minimum Gasteiger partial charge on any atom is -0.212 e. The molecule has 4 nitrogen and oxygen atoms in total. The molecule has 0 aliphatic heterocycles. The topological polar surface area (TPSA) is 68.3 Å². The maximum atomic E-state index is 10.6. The van der Waals surface area contributed by atoms with Gasteiger partial charge in [-0.2, -0.15) is 0 Å². The fourth-order valence-corrected chi connectivity index (χ4v) is 4.01. The van der Waals surface area contributed by atoms with E-state index in [1.807, 2.05) is 0 Å². The molecule has 8 heteroatoms. The molecule has 0 aliphatic rings. The second-order valence-electron chi connectivity index (χ2n) is 6.18. The van der Waals surface area contributed by atoms with Gasteiger partial charge in [0.2, 0.25) is 9.05 Å². The molecule has 1 aromatic carbocycles. The first kappa shape index (κ1) is 25.7. The van der Waals surface area contributed by atoms with Crippen molar-refractivity contribution >= 4 is 39.5 Å². The third-order valence-corrected chi connectivity index (χ3v) is 6.38. The van der Waals surface area contributed by atoms with Crippen LogP contribution in [0.25, 0.3) is 0 Å². The second-order valence-corrected chi connectivity index (χ2v) is 11.6. The zero-order valence-electron chi connectivity index (χ0n) is 15.4. The smallest absolute Gasteiger partial charge is 0.212 e. The van der Waals surface area contributed by atoms with Crippen molar-refractivity contribution in [1.82, 2.24) is 0 Å². The van der Waals surface area contributed by atoms with E-state index in [0.717, 1.165) is 12.8 Å². The van der Waals surface area contributed by atoms with E-state index in [-0.39, 0.29) is 10.6 Å². The predicted molar refractivity (Wildman–Crippen MR) is 111 cm³/mol. The van der Waals surface area contributed by atoms with Crippen molar-refractivity contribution in [3.05, 3.63) is 30.3 Å². The lowest BCUT2D eigenvalue weighted by Crippen LogP contribution is -1.96. The average molecular weight is 445 g/mol. The molecule has 1 aromatic rings. The highest BCUT2D eigenvalue weighted by Gasteiger charge is 2.06. The highest BCUT2D eigenvalue weighted by molar-refractivity contribution is 8.14. The SMILES string of the molecule is CCCCCCCCCCCCS(=O)(=O)Cl.O=S(=O)(Cl)c1ccccc1. The minimum atomic E-state index is -3.53. The standard InChI is InChI=1S/C12H25ClO2S.C6H5ClO2S/c1-2-3-4-5-6-7-8-9-10-11-12-16(13,14)15;7-10(8,9)6-4-2-1-3-5-6/h2-12H2,1H3;1-5H. The van der Waals surface area contributed by atoms with E-state index < -0.39 is 18.1 Å². The predicted octanol–water partition coefficient (Wildman–Crippen LogP) is 6.09. The summed E-state index contributed by atoms with van der Waals surface area (Å²) in [6.07, 6.45) is 12.0. The fourth-order valence-electron chi connectivity index (χ4n) is 2.34. The fraction of sp³-hybridized carbons (Fsp3) is 0.667. The molecule has 0 atom stereocenters. The zero-order chi connectivity index (χ0) is 19.9. The van der Waals surface area contributed by atoms with Crippen LogP contribution in [0.1, 0.15) is 71.1 Å². The lowest BCUT2D eigenvalue weighted by Gasteiger charge is -2.01. The number of hydrogen-bond donors (Lipinski definition) is 0. The van der Waals surface area contributed by atoms with Gasteiger partial charge < -0.3 is 0 Å². The number of hydrogen-bond acceptors (Lipinski definition) is 4. The molecule has 26 heavy (non-hydrogen) atoms. The Bertz CT molecular complexity index is 660. The van der Waals surface area contributed by atoms with Gasteiger partial charge in [0.1, 0.15) is 0 Å².